The predicted molar refractivity (Wildman–Crippen MR) is 72.9 cm³/mol. The summed E-state index contributed by atoms with van der Waals surface area (Å²) in [7, 11) is 0. The molecule has 0 saturated heterocycles. The third kappa shape index (κ3) is 3.32. The van der Waals surface area contributed by atoms with Crippen LogP contribution in [0.5, 0.6) is 5.75 Å². The summed E-state index contributed by atoms with van der Waals surface area (Å²) in [6.07, 6.45) is 0. The van der Waals surface area contributed by atoms with Crippen molar-refractivity contribution < 1.29 is 13.5 Å². The molecule has 0 radical (unpaired) electrons. The largest absolute Gasteiger partial charge is 0.489 e. The van der Waals surface area contributed by atoms with Crippen molar-refractivity contribution in [3.63, 3.8) is 0 Å². The standard InChI is InChI=1S/C15H14F2N2O/c1-9-2-3-11(15(18)19)6-14(9)20-8-10-4-12(16)7-13(17)5-10/h2-7H,8H2,1H3,(H3,18,19). The Morgan fingerprint density at radius 3 is 2.40 bits per heavy atom. The average molecular weight is 276 g/mol. The van der Waals surface area contributed by atoms with Crippen LogP contribution in [0.15, 0.2) is 36.4 Å². The van der Waals surface area contributed by atoms with Gasteiger partial charge in [-0.05, 0) is 36.2 Å². The molecule has 3 N–H and O–H groups in total. The van der Waals surface area contributed by atoms with Crippen molar-refractivity contribution >= 4 is 5.84 Å². The SMILES string of the molecule is Cc1ccc(C(=N)N)cc1OCc1cc(F)cc(F)c1. The summed E-state index contributed by atoms with van der Waals surface area (Å²) in [6.45, 7) is 1.88. The Hall–Kier alpha value is -2.43. The molecule has 5 heteroatoms. The first-order valence-corrected chi connectivity index (χ1v) is 5.98. The normalized spacial score (nSPS) is 10.3. The Morgan fingerprint density at radius 2 is 1.80 bits per heavy atom. The van der Waals surface area contributed by atoms with Crippen LogP contribution in [0.1, 0.15) is 16.7 Å². The maximum atomic E-state index is 13.1. The highest BCUT2D eigenvalue weighted by molar-refractivity contribution is 5.95. The number of halogens is 2. The van der Waals surface area contributed by atoms with Crippen LogP contribution in [0.2, 0.25) is 0 Å². The Kier molecular flexibility index (Phi) is 3.98. The first kappa shape index (κ1) is 14.0. The van der Waals surface area contributed by atoms with Crippen molar-refractivity contribution in [2.45, 2.75) is 13.5 Å². The summed E-state index contributed by atoms with van der Waals surface area (Å²) < 4.78 is 31.7. The van der Waals surface area contributed by atoms with E-state index in [-0.39, 0.29) is 12.4 Å². The summed E-state index contributed by atoms with van der Waals surface area (Å²) in [5.41, 5.74) is 7.20. The Labute approximate surface area is 115 Å². The van der Waals surface area contributed by atoms with Crippen molar-refractivity contribution in [1.82, 2.24) is 0 Å². The van der Waals surface area contributed by atoms with Gasteiger partial charge in [-0.15, -0.1) is 0 Å². The maximum Gasteiger partial charge on any atom is 0.126 e. The second kappa shape index (κ2) is 5.69. The number of ether oxygens (including phenoxy) is 1. The van der Waals surface area contributed by atoms with Gasteiger partial charge < -0.3 is 10.5 Å². The lowest BCUT2D eigenvalue weighted by Gasteiger charge is -2.11. The zero-order valence-electron chi connectivity index (χ0n) is 10.9. The second-order valence-corrected chi connectivity index (χ2v) is 4.46. The molecule has 0 atom stereocenters. The van der Waals surface area contributed by atoms with E-state index < -0.39 is 11.6 Å². The molecule has 2 aromatic rings. The summed E-state index contributed by atoms with van der Waals surface area (Å²) in [4.78, 5) is 0. The fraction of sp³-hybridized carbons (Fsp3) is 0.133. The van der Waals surface area contributed by atoms with E-state index in [2.05, 4.69) is 0 Å². The van der Waals surface area contributed by atoms with Crippen molar-refractivity contribution in [3.8, 4) is 5.75 Å². The molecule has 0 aromatic heterocycles. The molecular weight excluding hydrogens is 262 g/mol. The summed E-state index contributed by atoms with van der Waals surface area (Å²) in [5, 5.41) is 7.38. The molecule has 0 heterocycles. The molecule has 0 fully saturated rings. The van der Waals surface area contributed by atoms with Crippen LogP contribution >= 0.6 is 0 Å². The molecule has 20 heavy (non-hydrogen) atoms. The molecular formula is C15H14F2N2O. The van der Waals surface area contributed by atoms with Gasteiger partial charge in [0.2, 0.25) is 0 Å². The highest BCUT2D eigenvalue weighted by Gasteiger charge is 2.06. The number of amidine groups is 1. The molecule has 2 aromatic carbocycles. The minimum atomic E-state index is -0.641. The topological polar surface area (TPSA) is 59.1 Å². The van der Waals surface area contributed by atoms with E-state index in [1.54, 1.807) is 18.2 Å². The molecule has 0 unspecified atom stereocenters. The van der Waals surface area contributed by atoms with Crippen molar-refractivity contribution in [2.24, 2.45) is 5.73 Å². The number of nitrogen functional groups attached to an aromatic ring is 1. The number of nitrogens with one attached hydrogen (secondary N) is 1. The van der Waals surface area contributed by atoms with Gasteiger partial charge in [-0.3, -0.25) is 5.41 Å². The van der Waals surface area contributed by atoms with Crippen LogP contribution in [0, 0.1) is 24.0 Å². The summed E-state index contributed by atoms with van der Waals surface area (Å²) in [5.74, 6) is -0.815. The van der Waals surface area contributed by atoms with Crippen LogP contribution in [0.25, 0.3) is 0 Å². The van der Waals surface area contributed by atoms with Crippen LogP contribution in [0.4, 0.5) is 8.78 Å². The maximum absolute atomic E-state index is 13.1. The van der Waals surface area contributed by atoms with E-state index >= 15 is 0 Å². The summed E-state index contributed by atoms with van der Waals surface area (Å²) in [6, 6.07) is 8.36. The van der Waals surface area contributed by atoms with E-state index in [1.165, 1.54) is 12.1 Å². The van der Waals surface area contributed by atoms with Crippen molar-refractivity contribution in [1.29, 1.82) is 5.41 Å². The molecule has 0 aliphatic heterocycles. The van der Waals surface area contributed by atoms with Crippen molar-refractivity contribution in [3.05, 3.63) is 64.7 Å². The minimum Gasteiger partial charge on any atom is -0.489 e. The molecule has 3 nitrogen and oxygen atoms in total. The average Bonchev–Trinajstić information content (AvgIpc) is 2.36. The van der Waals surface area contributed by atoms with Gasteiger partial charge >= 0.3 is 0 Å². The highest BCUT2D eigenvalue weighted by Crippen LogP contribution is 2.21. The number of benzene rings is 2. The highest BCUT2D eigenvalue weighted by atomic mass is 19.1. The Morgan fingerprint density at radius 1 is 1.15 bits per heavy atom. The molecule has 0 bridgehead atoms. The zero-order valence-corrected chi connectivity index (χ0v) is 10.9. The number of hydrogen-bond donors (Lipinski definition) is 2. The third-order valence-corrected chi connectivity index (χ3v) is 2.82. The van der Waals surface area contributed by atoms with Gasteiger partial charge in [0.05, 0.1) is 0 Å². The molecule has 0 amide bonds. The van der Waals surface area contributed by atoms with E-state index in [0.29, 0.717) is 16.9 Å². The minimum absolute atomic E-state index is 0.0386. The smallest absolute Gasteiger partial charge is 0.126 e. The number of rotatable bonds is 4. The molecule has 0 spiro atoms. The van der Waals surface area contributed by atoms with Gasteiger partial charge in [0, 0.05) is 11.6 Å². The first-order chi connectivity index (χ1) is 9.45. The number of aryl methyl sites for hydroxylation is 1. The zero-order chi connectivity index (χ0) is 14.7. The summed E-state index contributed by atoms with van der Waals surface area (Å²) >= 11 is 0. The van der Waals surface area contributed by atoms with Crippen molar-refractivity contribution in [2.75, 3.05) is 0 Å². The van der Waals surface area contributed by atoms with Crippen LogP contribution < -0.4 is 10.5 Å². The van der Waals surface area contributed by atoms with Gasteiger partial charge in [0.1, 0.15) is 29.8 Å². The quantitative estimate of drug-likeness (QED) is 0.665. The predicted octanol–water partition coefficient (Wildman–Crippen LogP) is 3.14. The molecule has 0 aliphatic rings. The second-order valence-electron chi connectivity index (χ2n) is 4.46. The van der Waals surface area contributed by atoms with E-state index in [1.807, 2.05) is 6.92 Å². The molecule has 2 rings (SSSR count). The van der Waals surface area contributed by atoms with Gasteiger partial charge in [-0.25, -0.2) is 8.78 Å². The van der Waals surface area contributed by atoms with Gasteiger partial charge in [0.15, 0.2) is 0 Å². The van der Waals surface area contributed by atoms with E-state index in [9.17, 15) is 8.78 Å². The first-order valence-electron chi connectivity index (χ1n) is 5.98. The van der Waals surface area contributed by atoms with Gasteiger partial charge in [0.25, 0.3) is 0 Å². The third-order valence-electron chi connectivity index (χ3n) is 2.82. The Balaban J connectivity index is 2.18. The lowest BCUT2D eigenvalue weighted by atomic mass is 10.1. The van der Waals surface area contributed by atoms with Gasteiger partial charge in [-0.2, -0.15) is 0 Å². The van der Waals surface area contributed by atoms with Gasteiger partial charge in [-0.1, -0.05) is 12.1 Å². The van der Waals surface area contributed by atoms with Crippen LogP contribution in [-0.4, -0.2) is 5.84 Å². The lowest BCUT2D eigenvalue weighted by molar-refractivity contribution is 0.302. The molecule has 104 valence electrons. The fourth-order valence-corrected chi connectivity index (χ4v) is 1.78. The number of nitrogens with two attached hydrogens (primary N) is 1. The van der Waals surface area contributed by atoms with E-state index in [4.69, 9.17) is 15.9 Å². The van der Waals surface area contributed by atoms with E-state index in [0.717, 1.165) is 11.6 Å². The Bertz CT molecular complexity index is 636. The number of hydrogen-bond acceptors (Lipinski definition) is 2. The fourth-order valence-electron chi connectivity index (χ4n) is 1.78. The van der Waals surface area contributed by atoms with Crippen LogP contribution in [-0.2, 0) is 6.61 Å². The molecule has 0 aliphatic carbocycles. The van der Waals surface area contributed by atoms with Crippen LogP contribution in [0.3, 0.4) is 0 Å². The monoisotopic (exact) mass is 276 g/mol. The lowest BCUT2D eigenvalue weighted by Crippen LogP contribution is -2.11. The molecule has 0 saturated carbocycles.